The average molecular weight is 245 g/mol. The van der Waals surface area contributed by atoms with E-state index in [0.29, 0.717) is 22.6 Å². The third-order valence-corrected chi connectivity index (χ3v) is 2.75. The van der Waals surface area contributed by atoms with Gasteiger partial charge in [0.1, 0.15) is 17.3 Å². The van der Waals surface area contributed by atoms with E-state index in [1.165, 1.54) is 6.07 Å². The van der Waals surface area contributed by atoms with Crippen LogP contribution in [0.15, 0.2) is 42.5 Å². The van der Waals surface area contributed by atoms with Crippen molar-refractivity contribution in [3.63, 3.8) is 0 Å². The summed E-state index contributed by atoms with van der Waals surface area (Å²) in [6.07, 6.45) is 0. The molecule has 0 aliphatic rings. The van der Waals surface area contributed by atoms with Crippen molar-refractivity contribution in [2.45, 2.75) is 19.9 Å². The van der Waals surface area contributed by atoms with Crippen molar-refractivity contribution in [1.82, 2.24) is 0 Å². The van der Waals surface area contributed by atoms with Crippen molar-refractivity contribution in [3.8, 4) is 11.5 Å². The lowest BCUT2D eigenvalue weighted by molar-refractivity contribution is 0.468. The minimum atomic E-state index is -0.279. The molecule has 2 rings (SSSR count). The van der Waals surface area contributed by atoms with E-state index in [-0.39, 0.29) is 11.9 Å². The van der Waals surface area contributed by atoms with Gasteiger partial charge in [-0.1, -0.05) is 18.2 Å². The minimum absolute atomic E-state index is 0.261. The zero-order chi connectivity index (χ0) is 13.1. The molecular formula is C15H16FNO. The van der Waals surface area contributed by atoms with Crippen LogP contribution < -0.4 is 10.5 Å². The van der Waals surface area contributed by atoms with Crippen LogP contribution in [0.25, 0.3) is 0 Å². The van der Waals surface area contributed by atoms with Crippen LogP contribution in [0.1, 0.15) is 24.1 Å². The van der Waals surface area contributed by atoms with Crippen LogP contribution in [0.4, 0.5) is 4.39 Å². The van der Waals surface area contributed by atoms with Gasteiger partial charge in [0, 0.05) is 11.6 Å². The molecule has 0 aliphatic heterocycles. The van der Waals surface area contributed by atoms with Gasteiger partial charge in [0.15, 0.2) is 0 Å². The van der Waals surface area contributed by atoms with Crippen molar-refractivity contribution in [3.05, 3.63) is 59.4 Å². The van der Waals surface area contributed by atoms with E-state index in [2.05, 4.69) is 0 Å². The maximum Gasteiger partial charge on any atom is 0.132 e. The van der Waals surface area contributed by atoms with Gasteiger partial charge in [-0.2, -0.15) is 0 Å². The van der Waals surface area contributed by atoms with E-state index in [9.17, 15) is 4.39 Å². The van der Waals surface area contributed by atoms with Crippen LogP contribution >= 0.6 is 0 Å². The molecule has 2 aromatic carbocycles. The molecule has 0 saturated heterocycles. The summed E-state index contributed by atoms with van der Waals surface area (Å²) >= 11 is 0. The summed E-state index contributed by atoms with van der Waals surface area (Å²) in [7, 11) is 0. The standard InChI is InChI=1S/C15H16FNO/c1-10-8-15(13(11(2)17)9-14(10)16)18-12-6-4-3-5-7-12/h3-9,11H,17H2,1-2H3/t11-/m0/s1. The summed E-state index contributed by atoms with van der Waals surface area (Å²) in [5, 5.41) is 0. The Labute approximate surface area is 106 Å². The Morgan fingerprint density at radius 2 is 1.83 bits per heavy atom. The Morgan fingerprint density at radius 1 is 1.17 bits per heavy atom. The maximum absolute atomic E-state index is 13.5. The average Bonchev–Trinajstić information content (AvgIpc) is 2.34. The van der Waals surface area contributed by atoms with E-state index in [1.54, 1.807) is 13.0 Å². The van der Waals surface area contributed by atoms with Gasteiger partial charge in [-0.05, 0) is 43.7 Å². The first-order valence-corrected chi connectivity index (χ1v) is 5.86. The molecule has 0 radical (unpaired) electrons. The molecule has 2 N–H and O–H groups in total. The molecule has 0 fully saturated rings. The Morgan fingerprint density at radius 3 is 2.44 bits per heavy atom. The molecule has 2 nitrogen and oxygen atoms in total. The Kier molecular flexibility index (Phi) is 3.63. The first kappa shape index (κ1) is 12.6. The molecule has 0 amide bonds. The van der Waals surface area contributed by atoms with Crippen LogP contribution in [0.3, 0.4) is 0 Å². The van der Waals surface area contributed by atoms with Gasteiger partial charge in [-0.3, -0.25) is 0 Å². The SMILES string of the molecule is Cc1cc(Oc2ccccc2)c([C@H](C)N)cc1F. The van der Waals surface area contributed by atoms with Gasteiger partial charge in [-0.15, -0.1) is 0 Å². The van der Waals surface area contributed by atoms with Crippen LogP contribution in [0, 0.1) is 12.7 Å². The number of nitrogens with two attached hydrogens (primary N) is 1. The van der Waals surface area contributed by atoms with Gasteiger partial charge in [0.2, 0.25) is 0 Å². The smallest absolute Gasteiger partial charge is 0.132 e. The fourth-order valence-electron chi connectivity index (χ4n) is 1.73. The number of hydrogen-bond acceptors (Lipinski definition) is 2. The van der Waals surface area contributed by atoms with E-state index in [4.69, 9.17) is 10.5 Å². The third kappa shape index (κ3) is 2.68. The van der Waals surface area contributed by atoms with E-state index < -0.39 is 0 Å². The second kappa shape index (κ2) is 5.19. The normalized spacial score (nSPS) is 12.2. The van der Waals surface area contributed by atoms with Crippen molar-refractivity contribution in [2.75, 3.05) is 0 Å². The number of benzene rings is 2. The molecular weight excluding hydrogens is 229 g/mol. The first-order chi connectivity index (χ1) is 8.58. The van der Waals surface area contributed by atoms with E-state index in [0.717, 1.165) is 0 Å². The largest absolute Gasteiger partial charge is 0.457 e. The van der Waals surface area contributed by atoms with Crippen molar-refractivity contribution in [2.24, 2.45) is 5.73 Å². The molecule has 0 bridgehead atoms. The molecule has 0 heterocycles. The predicted octanol–water partition coefficient (Wildman–Crippen LogP) is 3.95. The lowest BCUT2D eigenvalue weighted by atomic mass is 10.1. The number of ether oxygens (including phenoxy) is 1. The molecule has 1 atom stereocenters. The fourth-order valence-corrected chi connectivity index (χ4v) is 1.73. The fraction of sp³-hybridized carbons (Fsp3) is 0.200. The summed E-state index contributed by atoms with van der Waals surface area (Å²) < 4.78 is 19.3. The van der Waals surface area contributed by atoms with E-state index in [1.807, 2.05) is 37.3 Å². The van der Waals surface area contributed by atoms with Gasteiger partial charge < -0.3 is 10.5 Å². The summed E-state index contributed by atoms with van der Waals surface area (Å²) in [5.41, 5.74) is 7.06. The zero-order valence-corrected chi connectivity index (χ0v) is 10.5. The third-order valence-electron chi connectivity index (χ3n) is 2.75. The summed E-state index contributed by atoms with van der Waals surface area (Å²) in [6, 6.07) is 12.2. The zero-order valence-electron chi connectivity index (χ0n) is 10.5. The van der Waals surface area contributed by atoms with Crippen LogP contribution in [0.2, 0.25) is 0 Å². The molecule has 0 unspecified atom stereocenters. The molecule has 0 aliphatic carbocycles. The number of para-hydroxylation sites is 1. The number of hydrogen-bond donors (Lipinski definition) is 1. The Balaban J connectivity index is 2.40. The highest BCUT2D eigenvalue weighted by molar-refractivity contribution is 5.42. The van der Waals surface area contributed by atoms with Gasteiger partial charge >= 0.3 is 0 Å². The van der Waals surface area contributed by atoms with Gasteiger partial charge in [-0.25, -0.2) is 4.39 Å². The molecule has 94 valence electrons. The molecule has 3 heteroatoms. The number of aryl methyl sites for hydroxylation is 1. The maximum atomic E-state index is 13.5. The number of halogens is 1. The van der Waals surface area contributed by atoms with E-state index >= 15 is 0 Å². The van der Waals surface area contributed by atoms with Gasteiger partial charge in [0.25, 0.3) is 0 Å². The highest BCUT2D eigenvalue weighted by atomic mass is 19.1. The second-order valence-electron chi connectivity index (χ2n) is 4.34. The molecule has 2 aromatic rings. The first-order valence-electron chi connectivity index (χ1n) is 5.86. The summed E-state index contributed by atoms with van der Waals surface area (Å²) in [4.78, 5) is 0. The van der Waals surface area contributed by atoms with Crippen LogP contribution in [0.5, 0.6) is 11.5 Å². The van der Waals surface area contributed by atoms with Gasteiger partial charge in [0.05, 0.1) is 0 Å². The summed E-state index contributed by atoms with van der Waals surface area (Å²) in [5.74, 6) is 1.06. The Hall–Kier alpha value is -1.87. The molecule has 0 aromatic heterocycles. The molecule has 0 spiro atoms. The predicted molar refractivity (Wildman–Crippen MR) is 70.3 cm³/mol. The van der Waals surface area contributed by atoms with Crippen LogP contribution in [-0.2, 0) is 0 Å². The monoisotopic (exact) mass is 245 g/mol. The minimum Gasteiger partial charge on any atom is -0.457 e. The van der Waals surface area contributed by atoms with Crippen LogP contribution in [-0.4, -0.2) is 0 Å². The molecule has 18 heavy (non-hydrogen) atoms. The molecule has 0 saturated carbocycles. The summed E-state index contributed by atoms with van der Waals surface area (Å²) in [6.45, 7) is 3.51. The second-order valence-corrected chi connectivity index (χ2v) is 4.34. The highest BCUT2D eigenvalue weighted by Gasteiger charge is 2.12. The lowest BCUT2D eigenvalue weighted by Gasteiger charge is -2.15. The van der Waals surface area contributed by atoms with Crippen molar-refractivity contribution in [1.29, 1.82) is 0 Å². The van der Waals surface area contributed by atoms with Crippen molar-refractivity contribution < 1.29 is 9.13 Å². The Bertz CT molecular complexity index is 538. The highest BCUT2D eigenvalue weighted by Crippen LogP contribution is 2.31. The van der Waals surface area contributed by atoms with Crippen molar-refractivity contribution >= 4 is 0 Å². The topological polar surface area (TPSA) is 35.2 Å². The lowest BCUT2D eigenvalue weighted by Crippen LogP contribution is -2.07. The quantitative estimate of drug-likeness (QED) is 0.888. The number of rotatable bonds is 3.